The van der Waals surface area contributed by atoms with E-state index in [2.05, 4.69) is 33.2 Å². The summed E-state index contributed by atoms with van der Waals surface area (Å²) >= 11 is 0. The van der Waals surface area contributed by atoms with E-state index < -0.39 is 13.0 Å². The lowest BCUT2D eigenvalue weighted by Gasteiger charge is -2.37. The standard InChI is InChI=1S/C23H31N5O4Si/c1-26-9-12-32-21(16-26)19-5-4-8-24-22(19)25-23(29)18-7-6-17(28(30)31)15-20(18)27-10-13-33(2,3)14-11-27/h4-8,15,21H,9-14,16H2,1-3H3,(H,24,25,29). The molecule has 33 heavy (non-hydrogen) atoms. The van der Waals surface area contributed by atoms with Crippen LogP contribution < -0.4 is 10.2 Å². The second-order valence-electron chi connectivity index (χ2n) is 9.63. The van der Waals surface area contributed by atoms with Crippen LogP contribution in [-0.2, 0) is 4.74 Å². The van der Waals surface area contributed by atoms with Crippen molar-refractivity contribution in [3.8, 4) is 0 Å². The summed E-state index contributed by atoms with van der Waals surface area (Å²) in [6.07, 6.45) is 1.46. The van der Waals surface area contributed by atoms with Crippen molar-refractivity contribution < 1.29 is 14.5 Å². The number of rotatable bonds is 5. The lowest BCUT2D eigenvalue weighted by atomic mass is 10.1. The Kier molecular flexibility index (Phi) is 6.77. The Morgan fingerprint density at radius 2 is 2.00 bits per heavy atom. The van der Waals surface area contributed by atoms with E-state index in [1.165, 1.54) is 12.1 Å². The highest BCUT2D eigenvalue weighted by Gasteiger charge is 2.30. The fourth-order valence-corrected chi connectivity index (χ4v) is 6.36. The van der Waals surface area contributed by atoms with E-state index in [1.807, 2.05) is 19.2 Å². The molecule has 2 saturated heterocycles. The molecular weight excluding hydrogens is 438 g/mol. The van der Waals surface area contributed by atoms with Crippen LogP contribution in [0.25, 0.3) is 0 Å². The van der Waals surface area contributed by atoms with Gasteiger partial charge in [-0.25, -0.2) is 4.98 Å². The number of carbonyl (C=O) groups is 1. The van der Waals surface area contributed by atoms with Gasteiger partial charge in [0.25, 0.3) is 11.6 Å². The number of ether oxygens (including phenoxy) is 1. The van der Waals surface area contributed by atoms with Crippen LogP contribution in [0.2, 0.25) is 25.2 Å². The molecule has 0 spiro atoms. The van der Waals surface area contributed by atoms with Gasteiger partial charge in [-0.1, -0.05) is 19.2 Å². The van der Waals surface area contributed by atoms with Crippen molar-refractivity contribution in [2.24, 2.45) is 0 Å². The molecule has 1 unspecified atom stereocenters. The summed E-state index contributed by atoms with van der Waals surface area (Å²) in [5.41, 5.74) is 1.84. The summed E-state index contributed by atoms with van der Waals surface area (Å²) in [4.78, 5) is 33.1. The highest BCUT2D eigenvalue weighted by molar-refractivity contribution is 6.77. The monoisotopic (exact) mass is 469 g/mol. The molecule has 2 aromatic rings. The molecule has 0 radical (unpaired) electrons. The number of likely N-dealkylation sites (N-methyl/N-ethyl adjacent to an activating group) is 1. The molecule has 0 aliphatic carbocycles. The number of aromatic nitrogens is 1. The number of anilines is 2. The van der Waals surface area contributed by atoms with Gasteiger partial charge in [-0.3, -0.25) is 14.9 Å². The average Bonchev–Trinajstić information content (AvgIpc) is 2.79. The van der Waals surface area contributed by atoms with Gasteiger partial charge in [0, 0.05) is 50.1 Å². The molecule has 176 valence electrons. The molecule has 1 amide bonds. The molecule has 2 fully saturated rings. The van der Waals surface area contributed by atoms with Gasteiger partial charge in [-0.15, -0.1) is 0 Å². The normalized spacial score (nSPS) is 20.9. The minimum atomic E-state index is -1.24. The fraction of sp³-hybridized carbons (Fsp3) is 0.478. The molecule has 1 aromatic heterocycles. The Bertz CT molecular complexity index is 1040. The first-order chi connectivity index (χ1) is 15.7. The number of nitro groups is 1. The number of non-ortho nitro benzene ring substituents is 1. The molecule has 10 heteroatoms. The van der Waals surface area contributed by atoms with Gasteiger partial charge < -0.3 is 19.9 Å². The van der Waals surface area contributed by atoms with Gasteiger partial charge >= 0.3 is 0 Å². The van der Waals surface area contributed by atoms with E-state index in [-0.39, 0.29) is 17.7 Å². The van der Waals surface area contributed by atoms with Crippen LogP contribution in [0.15, 0.2) is 36.5 Å². The van der Waals surface area contributed by atoms with Crippen molar-refractivity contribution in [3.63, 3.8) is 0 Å². The van der Waals surface area contributed by atoms with E-state index in [1.54, 1.807) is 12.3 Å². The number of benzene rings is 1. The van der Waals surface area contributed by atoms with Crippen molar-refractivity contribution in [3.05, 3.63) is 57.8 Å². The van der Waals surface area contributed by atoms with Crippen LogP contribution in [0.5, 0.6) is 0 Å². The zero-order valence-corrected chi connectivity index (χ0v) is 20.4. The summed E-state index contributed by atoms with van der Waals surface area (Å²) in [6.45, 7) is 8.52. The van der Waals surface area contributed by atoms with E-state index in [0.29, 0.717) is 30.2 Å². The smallest absolute Gasteiger partial charge is 0.271 e. The lowest BCUT2D eigenvalue weighted by Crippen LogP contribution is -2.43. The number of hydrogen-bond donors (Lipinski definition) is 1. The van der Waals surface area contributed by atoms with Gasteiger partial charge in [0.2, 0.25) is 0 Å². The van der Waals surface area contributed by atoms with Gasteiger partial charge in [0.05, 0.1) is 37.0 Å². The molecule has 2 aliphatic rings. The highest BCUT2D eigenvalue weighted by Crippen LogP contribution is 2.33. The van der Waals surface area contributed by atoms with Crippen LogP contribution in [0.1, 0.15) is 22.0 Å². The number of pyridine rings is 1. The first-order valence-corrected chi connectivity index (χ1v) is 14.7. The molecule has 1 N–H and O–H groups in total. The van der Waals surface area contributed by atoms with Crippen molar-refractivity contribution in [2.75, 3.05) is 50.1 Å². The fourth-order valence-electron chi connectivity index (χ4n) is 4.36. The third kappa shape index (κ3) is 5.40. The number of nitrogens with one attached hydrogen (secondary N) is 1. The van der Waals surface area contributed by atoms with Gasteiger partial charge in [0.15, 0.2) is 0 Å². The summed E-state index contributed by atoms with van der Waals surface area (Å²) in [6, 6.07) is 10.4. The van der Waals surface area contributed by atoms with E-state index in [9.17, 15) is 14.9 Å². The lowest BCUT2D eigenvalue weighted by molar-refractivity contribution is -0.384. The first kappa shape index (κ1) is 23.3. The van der Waals surface area contributed by atoms with Crippen LogP contribution in [0.3, 0.4) is 0 Å². The Labute approximate surface area is 194 Å². The van der Waals surface area contributed by atoms with Crippen molar-refractivity contribution >= 4 is 31.2 Å². The molecule has 3 heterocycles. The number of nitrogens with zero attached hydrogens (tertiary/aromatic N) is 4. The average molecular weight is 470 g/mol. The van der Waals surface area contributed by atoms with Crippen LogP contribution in [-0.4, -0.2) is 68.6 Å². The second-order valence-corrected chi connectivity index (χ2v) is 15.0. The molecule has 1 atom stereocenters. The first-order valence-electron chi connectivity index (χ1n) is 11.3. The second kappa shape index (κ2) is 9.58. The Balaban J connectivity index is 1.62. The predicted molar refractivity (Wildman–Crippen MR) is 131 cm³/mol. The third-order valence-electron chi connectivity index (χ3n) is 6.58. The molecule has 4 rings (SSSR count). The maximum Gasteiger partial charge on any atom is 0.271 e. The summed E-state index contributed by atoms with van der Waals surface area (Å²) in [7, 11) is 0.795. The van der Waals surface area contributed by atoms with Gasteiger partial charge in [0.1, 0.15) is 5.82 Å². The van der Waals surface area contributed by atoms with Crippen LogP contribution in [0.4, 0.5) is 17.2 Å². The Morgan fingerprint density at radius 1 is 1.24 bits per heavy atom. The highest BCUT2D eigenvalue weighted by atomic mass is 28.3. The minimum absolute atomic E-state index is 0.0132. The third-order valence-corrected chi connectivity index (χ3v) is 9.74. The van der Waals surface area contributed by atoms with Crippen molar-refractivity contribution in [2.45, 2.75) is 31.3 Å². The van der Waals surface area contributed by atoms with Crippen LogP contribution >= 0.6 is 0 Å². The van der Waals surface area contributed by atoms with E-state index >= 15 is 0 Å². The topological polar surface area (TPSA) is 101 Å². The van der Waals surface area contributed by atoms with Gasteiger partial charge in [-0.2, -0.15) is 0 Å². The maximum absolute atomic E-state index is 13.4. The minimum Gasteiger partial charge on any atom is -0.371 e. The van der Waals surface area contributed by atoms with Crippen molar-refractivity contribution in [1.29, 1.82) is 0 Å². The van der Waals surface area contributed by atoms with E-state index in [4.69, 9.17) is 4.74 Å². The summed E-state index contributed by atoms with van der Waals surface area (Å²) < 4.78 is 5.93. The summed E-state index contributed by atoms with van der Waals surface area (Å²) in [5.74, 6) is 0.130. The molecule has 1 aromatic carbocycles. The summed E-state index contributed by atoms with van der Waals surface area (Å²) in [5, 5.41) is 14.4. The number of morpholine rings is 1. The predicted octanol–water partition coefficient (Wildman–Crippen LogP) is 3.77. The molecule has 9 nitrogen and oxygen atoms in total. The zero-order valence-electron chi connectivity index (χ0n) is 19.4. The maximum atomic E-state index is 13.4. The molecule has 0 bridgehead atoms. The number of hydrogen-bond acceptors (Lipinski definition) is 7. The largest absolute Gasteiger partial charge is 0.371 e. The molecule has 0 saturated carbocycles. The van der Waals surface area contributed by atoms with Crippen molar-refractivity contribution in [1.82, 2.24) is 9.88 Å². The molecule has 2 aliphatic heterocycles. The Morgan fingerprint density at radius 3 is 2.70 bits per heavy atom. The molecular formula is C23H31N5O4Si. The number of amides is 1. The van der Waals surface area contributed by atoms with Gasteiger partial charge in [-0.05, 0) is 31.3 Å². The number of nitro benzene ring substituents is 1. The van der Waals surface area contributed by atoms with E-state index in [0.717, 1.165) is 37.3 Å². The van der Waals surface area contributed by atoms with Crippen LogP contribution in [0, 0.1) is 10.1 Å². The Hall–Kier alpha value is -2.82. The zero-order chi connectivity index (χ0) is 23.6. The number of carbonyl (C=O) groups excluding carboxylic acids is 1. The quantitative estimate of drug-likeness (QED) is 0.404. The SMILES string of the molecule is CN1CCOC(c2cccnc2NC(=O)c2ccc([N+](=O)[O-])cc2N2CC[Si](C)(C)CC2)C1.